The van der Waals surface area contributed by atoms with Crippen LogP contribution in [0.3, 0.4) is 0 Å². The highest BCUT2D eigenvalue weighted by Crippen LogP contribution is 2.27. The average molecular weight is 235 g/mol. The predicted octanol–water partition coefficient (Wildman–Crippen LogP) is 1.79. The summed E-state index contributed by atoms with van der Waals surface area (Å²) >= 11 is 0. The standard InChI is InChI=1S/C13H17NO3/c1-17-10-5-2-4-9(8-10)14-13(16)11-6-3-7-12(11)15/h2,4-5,8,11-12,15H,3,6-7H2,1H3,(H,14,16). The van der Waals surface area contributed by atoms with Gasteiger partial charge in [-0.05, 0) is 31.4 Å². The Kier molecular flexibility index (Phi) is 3.64. The quantitative estimate of drug-likeness (QED) is 0.839. The molecule has 2 N–H and O–H groups in total. The third-order valence-corrected chi connectivity index (χ3v) is 3.15. The van der Waals surface area contributed by atoms with Crippen LogP contribution in [-0.2, 0) is 4.79 Å². The van der Waals surface area contributed by atoms with Crippen molar-refractivity contribution in [3.63, 3.8) is 0 Å². The van der Waals surface area contributed by atoms with E-state index in [0.29, 0.717) is 11.4 Å². The molecule has 0 bridgehead atoms. The average Bonchev–Trinajstić information content (AvgIpc) is 2.76. The fraction of sp³-hybridized carbons (Fsp3) is 0.462. The van der Waals surface area contributed by atoms with Crippen LogP contribution in [0.1, 0.15) is 19.3 Å². The molecule has 1 aromatic carbocycles. The number of anilines is 1. The van der Waals surface area contributed by atoms with Crippen LogP contribution in [0.4, 0.5) is 5.69 Å². The van der Waals surface area contributed by atoms with Gasteiger partial charge < -0.3 is 15.2 Å². The summed E-state index contributed by atoms with van der Waals surface area (Å²) in [6.45, 7) is 0. The van der Waals surface area contributed by atoms with E-state index < -0.39 is 6.10 Å². The lowest BCUT2D eigenvalue weighted by Crippen LogP contribution is -2.28. The number of hydrogen-bond donors (Lipinski definition) is 2. The third-order valence-electron chi connectivity index (χ3n) is 3.15. The summed E-state index contributed by atoms with van der Waals surface area (Å²) in [5.74, 6) is 0.319. The van der Waals surface area contributed by atoms with Crippen molar-refractivity contribution in [3.8, 4) is 5.75 Å². The molecule has 4 heteroatoms. The fourth-order valence-corrected chi connectivity index (χ4v) is 2.18. The Bertz CT molecular complexity index is 405. The number of aliphatic hydroxyl groups excluding tert-OH is 1. The second kappa shape index (κ2) is 5.19. The van der Waals surface area contributed by atoms with Crippen molar-refractivity contribution in [1.29, 1.82) is 0 Å². The van der Waals surface area contributed by atoms with E-state index in [9.17, 15) is 9.90 Å². The predicted molar refractivity (Wildman–Crippen MR) is 65.0 cm³/mol. The number of hydrogen-bond acceptors (Lipinski definition) is 3. The monoisotopic (exact) mass is 235 g/mol. The van der Waals surface area contributed by atoms with Crippen LogP contribution in [0.15, 0.2) is 24.3 Å². The molecule has 1 amide bonds. The molecule has 92 valence electrons. The van der Waals surface area contributed by atoms with Crippen molar-refractivity contribution in [1.82, 2.24) is 0 Å². The second-order valence-corrected chi connectivity index (χ2v) is 4.33. The maximum atomic E-state index is 11.9. The molecule has 17 heavy (non-hydrogen) atoms. The molecule has 0 heterocycles. The Morgan fingerprint density at radius 2 is 2.29 bits per heavy atom. The van der Waals surface area contributed by atoms with Crippen LogP contribution in [0.25, 0.3) is 0 Å². The first-order valence-corrected chi connectivity index (χ1v) is 5.83. The maximum Gasteiger partial charge on any atom is 0.230 e. The topological polar surface area (TPSA) is 58.6 Å². The Morgan fingerprint density at radius 1 is 1.47 bits per heavy atom. The molecule has 2 rings (SSSR count). The lowest BCUT2D eigenvalue weighted by Gasteiger charge is -2.14. The number of benzene rings is 1. The zero-order valence-corrected chi connectivity index (χ0v) is 9.85. The summed E-state index contributed by atoms with van der Waals surface area (Å²) in [6, 6.07) is 7.21. The number of methoxy groups -OCH3 is 1. The van der Waals surface area contributed by atoms with Gasteiger partial charge in [-0.15, -0.1) is 0 Å². The van der Waals surface area contributed by atoms with E-state index in [-0.39, 0.29) is 11.8 Å². The maximum absolute atomic E-state index is 11.9. The number of carbonyl (C=O) groups excluding carboxylic acids is 1. The number of nitrogens with one attached hydrogen (secondary N) is 1. The Balaban J connectivity index is 2.02. The molecule has 0 aromatic heterocycles. The fourth-order valence-electron chi connectivity index (χ4n) is 2.18. The lowest BCUT2D eigenvalue weighted by molar-refractivity contribution is -0.122. The van der Waals surface area contributed by atoms with E-state index in [2.05, 4.69) is 5.32 Å². The van der Waals surface area contributed by atoms with Crippen LogP contribution in [-0.4, -0.2) is 24.2 Å². The highest BCUT2D eigenvalue weighted by atomic mass is 16.5. The molecule has 0 spiro atoms. The van der Waals surface area contributed by atoms with Gasteiger partial charge in [0.15, 0.2) is 0 Å². The molecule has 1 aromatic rings. The normalized spacial score (nSPS) is 23.4. The summed E-state index contributed by atoms with van der Waals surface area (Å²) < 4.78 is 5.08. The van der Waals surface area contributed by atoms with E-state index in [1.807, 2.05) is 18.2 Å². The zero-order valence-electron chi connectivity index (χ0n) is 9.85. The summed E-state index contributed by atoms with van der Waals surface area (Å²) in [6.07, 6.45) is 1.89. The largest absolute Gasteiger partial charge is 0.497 e. The van der Waals surface area contributed by atoms with E-state index in [4.69, 9.17) is 4.74 Å². The van der Waals surface area contributed by atoms with Gasteiger partial charge in [0.1, 0.15) is 5.75 Å². The molecule has 1 aliphatic rings. The van der Waals surface area contributed by atoms with E-state index in [0.717, 1.165) is 19.3 Å². The molecule has 4 nitrogen and oxygen atoms in total. The van der Waals surface area contributed by atoms with E-state index in [1.54, 1.807) is 13.2 Å². The summed E-state index contributed by atoms with van der Waals surface area (Å²) in [7, 11) is 1.58. The van der Waals surface area contributed by atoms with Gasteiger partial charge in [0.05, 0.1) is 19.1 Å². The van der Waals surface area contributed by atoms with Crippen LogP contribution < -0.4 is 10.1 Å². The summed E-state index contributed by atoms with van der Waals surface area (Å²) in [5, 5.41) is 12.5. The Morgan fingerprint density at radius 3 is 2.94 bits per heavy atom. The first-order valence-electron chi connectivity index (χ1n) is 5.83. The van der Waals surface area contributed by atoms with Crippen molar-refractivity contribution >= 4 is 11.6 Å². The van der Waals surface area contributed by atoms with Crippen LogP contribution in [0.5, 0.6) is 5.75 Å². The van der Waals surface area contributed by atoms with Gasteiger partial charge in [0.2, 0.25) is 5.91 Å². The first-order chi connectivity index (χ1) is 8.20. The van der Waals surface area contributed by atoms with Crippen LogP contribution in [0, 0.1) is 5.92 Å². The molecule has 0 radical (unpaired) electrons. The summed E-state index contributed by atoms with van der Waals surface area (Å²) in [5.41, 5.74) is 0.702. The Hall–Kier alpha value is -1.55. The molecule has 0 saturated heterocycles. The van der Waals surface area contributed by atoms with Gasteiger partial charge in [-0.2, -0.15) is 0 Å². The number of carbonyl (C=O) groups is 1. The molecule has 2 atom stereocenters. The Labute approximate surface area is 101 Å². The highest BCUT2D eigenvalue weighted by Gasteiger charge is 2.31. The minimum atomic E-state index is -0.499. The van der Waals surface area contributed by atoms with Crippen molar-refractivity contribution in [3.05, 3.63) is 24.3 Å². The van der Waals surface area contributed by atoms with Gasteiger partial charge in [0.25, 0.3) is 0 Å². The van der Waals surface area contributed by atoms with Gasteiger partial charge in [0, 0.05) is 11.8 Å². The van der Waals surface area contributed by atoms with E-state index >= 15 is 0 Å². The zero-order chi connectivity index (χ0) is 12.3. The number of aliphatic hydroxyl groups is 1. The second-order valence-electron chi connectivity index (χ2n) is 4.33. The highest BCUT2D eigenvalue weighted by molar-refractivity contribution is 5.93. The molecule has 1 fully saturated rings. The van der Waals surface area contributed by atoms with E-state index in [1.165, 1.54) is 0 Å². The molecular formula is C13H17NO3. The minimum absolute atomic E-state index is 0.108. The molecule has 0 aliphatic heterocycles. The number of rotatable bonds is 3. The smallest absolute Gasteiger partial charge is 0.230 e. The first kappa shape index (κ1) is 11.9. The lowest BCUT2D eigenvalue weighted by atomic mass is 10.1. The van der Waals surface area contributed by atoms with Gasteiger partial charge in [-0.1, -0.05) is 6.07 Å². The molecule has 1 saturated carbocycles. The molecule has 2 unspecified atom stereocenters. The third kappa shape index (κ3) is 2.77. The van der Waals surface area contributed by atoms with Crippen molar-refractivity contribution < 1.29 is 14.6 Å². The number of amides is 1. The van der Waals surface area contributed by atoms with Crippen molar-refractivity contribution in [2.75, 3.05) is 12.4 Å². The van der Waals surface area contributed by atoms with Gasteiger partial charge in [-0.3, -0.25) is 4.79 Å². The van der Waals surface area contributed by atoms with Crippen LogP contribution in [0.2, 0.25) is 0 Å². The SMILES string of the molecule is COc1cccc(NC(=O)C2CCCC2O)c1. The van der Waals surface area contributed by atoms with Gasteiger partial charge >= 0.3 is 0 Å². The van der Waals surface area contributed by atoms with Crippen molar-refractivity contribution in [2.24, 2.45) is 5.92 Å². The van der Waals surface area contributed by atoms with Crippen LogP contribution >= 0.6 is 0 Å². The van der Waals surface area contributed by atoms with Gasteiger partial charge in [-0.25, -0.2) is 0 Å². The number of ether oxygens (including phenoxy) is 1. The van der Waals surface area contributed by atoms with Crippen molar-refractivity contribution in [2.45, 2.75) is 25.4 Å². The summed E-state index contributed by atoms with van der Waals surface area (Å²) in [4.78, 5) is 11.9. The molecule has 1 aliphatic carbocycles. The minimum Gasteiger partial charge on any atom is -0.497 e. The molecular weight excluding hydrogens is 218 g/mol.